The number of aliphatic hydroxyl groups excluding tert-OH is 1. The fourth-order valence-corrected chi connectivity index (χ4v) is 3.91. The number of thiophene rings is 1. The summed E-state index contributed by atoms with van der Waals surface area (Å²) < 4.78 is 0. The Morgan fingerprint density at radius 2 is 2.00 bits per heavy atom. The molecule has 0 aliphatic heterocycles. The molecule has 1 aliphatic rings. The molecule has 1 fully saturated rings. The highest BCUT2D eigenvalue weighted by Crippen LogP contribution is 2.38. The third-order valence-electron chi connectivity index (χ3n) is 4.46. The van der Waals surface area contributed by atoms with Gasteiger partial charge in [0.05, 0.1) is 23.4 Å². The Balaban J connectivity index is 1.67. The normalized spacial score (nSPS) is 20.9. The highest BCUT2D eigenvalue weighted by atomic mass is 32.1. The van der Waals surface area contributed by atoms with Gasteiger partial charge in [-0.2, -0.15) is 0 Å². The molecule has 1 amide bonds. The second-order valence-corrected chi connectivity index (χ2v) is 7.30. The van der Waals surface area contributed by atoms with Crippen LogP contribution in [0.3, 0.4) is 0 Å². The molecule has 3 rings (SSSR count). The minimum atomic E-state index is -0.256. The Morgan fingerprint density at radius 1 is 1.29 bits per heavy atom. The van der Waals surface area contributed by atoms with Crippen LogP contribution in [0, 0.1) is 5.92 Å². The van der Waals surface area contributed by atoms with Crippen molar-refractivity contribution in [1.82, 2.24) is 5.32 Å². The molecule has 2 N–H and O–H groups in total. The van der Waals surface area contributed by atoms with Crippen LogP contribution in [0.1, 0.15) is 46.6 Å². The van der Waals surface area contributed by atoms with Crippen molar-refractivity contribution in [2.45, 2.75) is 38.3 Å². The number of carbonyl (C=O) groups excluding carboxylic acids is 2. The number of nitrogens with one attached hydrogen (secondary N) is 1. The molecule has 1 saturated carbocycles. The number of aliphatic hydroxyl groups is 1. The van der Waals surface area contributed by atoms with Crippen LogP contribution in [0.25, 0.3) is 0 Å². The molecule has 1 aromatic carbocycles. The maximum absolute atomic E-state index is 12.4. The van der Waals surface area contributed by atoms with E-state index in [4.69, 9.17) is 0 Å². The van der Waals surface area contributed by atoms with Gasteiger partial charge in [-0.15, -0.1) is 11.3 Å². The van der Waals surface area contributed by atoms with Crippen LogP contribution in [0.2, 0.25) is 0 Å². The van der Waals surface area contributed by atoms with E-state index < -0.39 is 0 Å². The van der Waals surface area contributed by atoms with Gasteiger partial charge in [0.25, 0.3) is 0 Å². The van der Waals surface area contributed by atoms with Crippen LogP contribution in [-0.4, -0.2) is 22.9 Å². The fourth-order valence-electron chi connectivity index (χ4n) is 3.10. The number of benzene rings is 1. The quantitative estimate of drug-likeness (QED) is 0.792. The topological polar surface area (TPSA) is 66.4 Å². The van der Waals surface area contributed by atoms with Gasteiger partial charge in [0.15, 0.2) is 5.78 Å². The van der Waals surface area contributed by atoms with Crippen molar-refractivity contribution in [3.63, 3.8) is 0 Å². The molecule has 0 bridgehead atoms. The first-order chi connectivity index (χ1) is 11.5. The maximum atomic E-state index is 12.4. The number of Topliss-reactive ketones (excluding diaryl/α,β-unsaturated/α-hetero) is 1. The number of hydrogen-bond acceptors (Lipinski definition) is 4. The van der Waals surface area contributed by atoms with Crippen LogP contribution in [-0.2, 0) is 11.2 Å². The van der Waals surface area contributed by atoms with Crippen molar-refractivity contribution in [2.75, 3.05) is 0 Å². The summed E-state index contributed by atoms with van der Waals surface area (Å²) in [5, 5.41) is 14.6. The van der Waals surface area contributed by atoms with Crippen molar-refractivity contribution in [3.8, 4) is 0 Å². The lowest BCUT2D eigenvalue weighted by Crippen LogP contribution is -2.41. The standard InChI is InChI=1S/C19H21NO3S/c1-12(21)17-7-13(11-24-17)8-18(23)20-19(15-9-16(22)10-15)14-5-3-2-4-6-14/h2-7,11,15-16,19,22H,8-10H2,1H3,(H,20,23)/t15?,16?,19-/m0/s1. The zero-order valence-corrected chi connectivity index (χ0v) is 14.4. The monoisotopic (exact) mass is 343 g/mol. The van der Waals surface area contributed by atoms with Crippen LogP contribution in [0.5, 0.6) is 0 Å². The molecule has 5 heteroatoms. The smallest absolute Gasteiger partial charge is 0.224 e. The number of rotatable bonds is 6. The summed E-state index contributed by atoms with van der Waals surface area (Å²) in [5.74, 6) is 0.233. The third kappa shape index (κ3) is 3.91. The van der Waals surface area contributed by atoms with E-state index in [0.29, 0.717) is 17.7 Å². The van der Waals surface area contributed by atoms with Gasteiger partial charge in [0.2, 0.25) is 5.91 Å². The van der Waals surface area contributed by atoms with E-state index in [1.165, 1.54) is 18.3 Å². The Hall–Kier alpha value is -1.98. The minimum Gasteiger partial charge on any atom is -0.393 e. The first-order valence-electron chi connectivity index (χ1n) is 8.13. The second-order valence-electron chi connectivity index (χ2n) is 6.39. The van der Waals surface area contributed by atoms with Crippen LogP contribution < -0.4 is 5.32 Å². The minimum absolute atomic E-state index is 0.0253. The third-order valence-corrected chi connectivity index (χ3v) is 5.54. The summed E-state index contributed by atoms with van der Waals surface area (Å²) in [6, 6.07) is 11.6. The van der Waals surface area contributed by atoms with Crippen LogP contribution in [0.15, 0.2) is 41.8 Å². The molecule has 0 unspecified atom stereocenters. The Morgan fingerprint density at radius 3 is 2.58 bits per heavy atom. The molecule has 0 saturated heterocycles. The molecular formula is C19H21NO3S. The molecule has 1 aromatic heterocycles. The molecule has 1 heterocycles. The predicted octanol–water partition coefficient (Wildman–Crippen LogP) is 3.12. The van der Waals surface area contributed by atoms with Gasteiger partial charge in [-0.25, -0.2) is 0 Å². The number of hydrogen-bond donors (Lipinski definition) is 2. The maximum Gasteiger partial charge on any atom is 0.224 e. The van der Waals surface area contributed by atoms with Crippen molar-refractivity contribution < 1.29 is 14.7 Å². The average Bonchev–Trinajstić information content (AvgIpc) is 2.99. The summed E-state index contributed by atoms with van der Waals surface area (Å²) >= 11 is 1.37. The summed E-state index contributed by atoms with van der Waals surface area (Å²) in [7, 11) is 0. The van der Waals surface area contributed by atoms with Crippen molar-refractivity contribution >= 4 is 23.0 Å². The summed E-state index contributed by atoms with van der Waals surface area (Å²) in [6.45, 7) is 1.53. The van der Waals surface area contributed by atoms with Crippen LogP contribution >= 0.6 is 11.3 Å². The molecule has 24 heavy (non-hydrogen) atoms. The van der Waals surface area contributed by atoms with E-state index in [9.17, 15) is 14.7 Å². The lowest BCUT2D eigenvalue weighted by molar-refractivity contribution is -0.122. The van der Waals surface area contributed by atoms with Gasteiger partial charge in [0.1, 0.15) is 0 Å². The highest BCUT2D eigenvalue weighted by Gasteiger charge is 2.35. The first-order valence-corrected chi connectivity index (χ1v) is 9.01. The SMILES string of the molecule is CC(=O)c1cc(CC(=O)N[C@@H](c2ccccc2)C2CC(O)C2)cs1. The molecule has 126 valence electrons. The Bertz CT molecular complexity index is 719. The number of ketones is 1. The zero-order valence-electron chi connectivity index (χ0n) is 13.6. The molecule has 0 radical (unpaired) electrons. The van der Waals surface area contributed by atoms with E-state index in [2.05, 4.69) is 5.32 Å². The highest BCUT2D eigenvalue weighted by molar-refractivity contribution is 7.12. The fraction of sp³-hybridized carbons (Fsp3) is 0.368. The van der Waals surface area contributed by atoms with Crippen molar-refractivity contribution in [3.05, 3.63) is 57.8 Å². The molecule has 4 nitrogen and oxygen atoms in total. The summed E-state index contributed by atoms with van der Waals surface area (Å²) in [6.07, 6.45) is 1.44. The Labute approximate surface area is 145 Å². The van der Waals surface area contributed by atoms with Gasteiger partial charge >= 0.3 is 0 Å². The lowest BCUT2D eigenvalue weighted by Gasteiger charge is -2.38. The summed E-state index contributed by atoms with van der Waals surface area (Å²) in [4.78, 5) is 24.5. The molecule has 2 aromatic rings. The van der Waals surface area contributed by atoms with Gasteiger partial charge in [-0.3, -0.25) is 9.59 Å². The zero-order chi connectivity index (χ0) is 17.1. The van der Waals surface area contributed by atoms with Gasteiger partial charge in [-0.05, 0) is 48.3 Å². The van der Waals surface area contributed by atoms with Gasteiger partial charge in [-0.1, -0.05) is 30.3 Å². The molecule has 1 aliphatic carbocycles. The average molecular weight is 343 g/mol. The van der Waals surface area contributed by atoms with E-state index in [1.54, 1.807) is 6.07 Å². The number of carbonyl (C=O) groups is 2. The van der Waals surface area contributed by atoms with Gasteiger partial charge in [0, 0.05) is 0 Å². The predicted molar refractivity (Wildman–Crippen MR) is 94.1 cm³/mol. The molecule has 0 spiro atoms. The lowest BCUT2D eigenvalue weighted by atomic mass is 9.75. The Kier molecular flexibility index (Phi) is 5.11. The van der Waals surface area contributed by atoms with Gasteiger partial charge < -0.3 is 10.4 Å². The second kappa shape index (κ2) is 7.28. The largest absolute Gasteiger partial charge is 0.393 e. The van der Waals surface area contributed by atoms with E-state index in [0.717, 1.165) is 11.1 Å². The first kappa shape index (κ1) is 16.9. The number of amides is 1. The van der Waals surface area contributed by atoms with Crippen molar-refractivity contribution in [1.29, 1.82) is 0 Å². The van der Waals surface area contributed by atoms with Crippen molar-refractivity contribution in [2.24, 2.45) is 5.92 Å². The van der Waals surface area contributed by atoms with E-state index in [-0.39, 0.29) is 36.2 Å². The van der Waals surface area contributed by atoms with E-state index >= 15 is 0 Å². The van der Waals surface area contributed by atoms with Crippen LogP contribution in [0.4, 0.5) is 0 Å². The molecule has 1 atom stereocenters. The summed E-state index contributed by atoms with van der Waals surface area (Å²) in [5.41, 5.74) is 1.93. The van der Waals surface area contributed by atoms with E-state index in [1.807, 2.05) is 35.7 Å². The molecular weight excluding hydrogens is 322 g/mol.